The molecule has 18 heavy (non-hydrogen) atoms. The monoisotopic (exact) mass is 271 g/mol. The number of sulfonamides is 1. The summed E-state index contributed by atoms with van der Waals surface area (Å²) in [5, 5.41) is 8.17. The van der Waals surface area contributed by atoms with Crippen molar-refractivity contribution in [2.45, 2.75) is 23.8 Å². The molecule has 1 aromatic carbocycles. The number of ether oxygens (including phenoxy) is 1. The summed E-state index contributed by atoms with van der Waals surface area (Å²) in [7, 11) is -3.71. The molecule has 1 saturated heterocycles. The van der Waals surface area contributed by atoms with Gasteiger partial charge in [0.15, 0.2) is 0 Å². The normalized spacial score (nSPS) is 19.9. The molecule has 0 bridgehead atoms. The van der Waals surface area contributed by atoms with Gasteiger partial charge in [0.05, 0.1) is 22.4 Å². The smallest absolute Gasteiger partial charge is 0.238 e. The van der Waals surface area contributed by atoms with Gasteiger partial charge in [-0.05, 0) is 31.0 Å². The third-order valence-corrected chi connectivity index (χ3v) is 3.81. The van der Waals surface area contributed by atoms with Crippen molar-refractivity contribution in [1.82, 2.24) is 0 Å². The van der Waals surface area contributed by atoms with E-state index in [4.69, 9.17) is 15.6 Å². The molecule has 2 rings (SSSR count). The van der Waals surface area contributed by atoms with Crippen LogP contribution in [0.25, 0.3) is 0 Å². The Morgan fingerprint density at radius 3 is 2.83 bits per heavy atom. The molecule has 1 heterocycles. The highest BCUT2D eigenvalue weighted by atomic mass is 32.2. The van der Waals surface area contributed by atoms with Crippen LogP contribution >= 0.6 is 0 Å². The first-order valence-corrected chi connectivity index (χ1v) is 7.29. The molecule has 1 fully saturated rings. The third kappa shape index (κ3) is 3.12. The molecule has 5 N–H and O–H groups in total. The second-order valence-corrected chi connectivity index (χ2v) is 5.87. The zero-order valence-corrected chi connectivity index (χ0v) is 10.7. The molecule has 0 aliphatic carbocycles. The summed E-state index contributed by atoms with van der Waals surface area (Å²) in [6.45, 7) is 1.39. The number of benzene rings is 1. The van der Waals surface area contributed by atoms with E-state index in [1.165, 1.54) is 18.2 Å². The lowest BCUT2D eigenvalue weighted by atomic mass is 10.2. The minimum Gasteiger partial charge on any atom is -0.397 e. The average molecular weight is 271 g/mol. The van der Waals surface area contributed by atoms with Crippen LogP contribution in [0.15, 0.2) is 23.1 Å². The fourth-order valence-electron chi connectivity index (χ4n) is 1.89. The van der Waals surface area contributed by atoms with E-state index in [1.807, 2.05) is 0 Å². The van der Waals surface area contributed by atoms with Crippen LogP contribution in [0, 0.1) is 0 Å². The average Bonchev–Trinajstić information content (AvgIpc) is 2.79. The number of rotatable bonds is 4. The molecule has 1 atom stereocenters. The number of nitrogens with two attached hydrogens (primary N) is 2. The summed E-state index contributed by atoms with van der Waals surface area (Å²) in [4.78, 5) is 0.0477. The van der Waals surface area contributed by atoms with E-state index < -0.39 is 10.0 Å². The molecule has 1 aliphatic heterocycles. The zero-order valence-electron chi connectivity index (χ0n) is 9.93. The Hall–Kier alpha value is -1.31. The van der Waals surface area contributed by atoms with Crippen molar-refractivity contribution in [1.29, 1.82) is 0 Å². The Labute approximate surface area is 106 Å². The molecular weight excluding hydrogens is 254 g/mol. The number of hydrogen-bond donors (Lipinski definition) is 3. The van der Waals surface area contributed by atoms with Crippen LogP contribution in [0.3, 0.4) is 0 Å². The predicted octanol–water partition coefficient (Wildman–Crippen LogP) is 0.507. The molecule has 100 valence electrons. The van der Waals surface area contributed by atoms with Gasteiger partial charge in [0.2, 0.25) is 10.0 Å². The van der Waals surface area contributed by atoms with Crippen LogP contribution in [-0.2, 0) is 14.8 Å². The summed E-state index contributed by atoms with van der Waals surface area (Å²) in [5.41, 5.74) is 6.83. The largest absolute Gasteiger partial charge is 0.397 e. The topological polar surface area (TPSA) is 107 Å². The van der Waals surface area contributed by atoms with E-state index in [-0.39, 0.29) is 11.0 Å². The van der Waals surface area contributed by atoms with Gasteiger partial charge in [-0.3, -0.25) is 0 Å². The van der Waals surface area contributed by atoms with Crippen molar-refractivity contribution < 1.29 is 13.2 Å². The molecule has 6 nitrogen and oxygen atoms in total. The van der Waals surface area contributed by atoms with Gasteiger partial charge >= 0.3 is 0 Å². The van der Waals surface area contributed by atoms with Gasteiger partial charge in [-0.2, -0.15) is 0 Å². The highest BCUT2D eigenvalue weighted by molar-refractivity contribution is 7.89. The lowest BCUT2D eigenvalue weighted by molar-refractivity contribution is 0.120. The van der Waals surface area contributed by atoms with Crippen molar-refractivity contribution in [3.63, 3.8) is 0 Å². The molecule has 7 heteroatoms. The highest BCUT2D eigenvalue weighted by Gasteiger charge is 2.16. The third-order valence-electron chi connectivity index (χ3n) is 2.90. The van der Waals surface area contributed by atoms with Crippen molar-refractivity contribution in [2.24, 2.45) is 5.14 Å². The van der Waals surface area contributed by atoms with Gasteiger partial charge in [-0.1, -0.05) is 0 Å². The molecule has 1 aliphatic rings. The molecule has 0 radical (unpaired) electrons. The number of primary sulfonamides is 1. The maximum absolute atomic E-state index is 11.2. The summed E-state index contributed by atoms with van der Waals surface area (Å²) in [6.07, 6.45) is 2.21. The Morgan fingerprint density at radius 1 is 1.44 bits per heavy atom. The number of anilines is 2. The zero-order chi connectivity index (χ0) is 13.2. The Bertz CT molecular complexity index is 524. The van der Waals surface area contributed by atoms with Crippen molar-refractivity contribution in [3.8, 4) is 0 Å². The Kier molecular flexibility index (Phi) is 3.74. The maximum Gasteiger partial charge on any atom is 0.238 e. The molecular formula is C11H17N3O3S. The summed E-state index contributed by atoms with van der Waals surface area (Å²) in [5.74, 6) is 0. The minimum atomic E-state index is -3.71. The summed E-state index contributed by atoms with van der Waals surface area (Å²) in [6, 6.07) is 4.36. The lowest BCUT2D eigenvalue weighted by Gasteiger charge is -2.14. The van der Waals surface area contributed by atoms with E-state index in [0.717, 1.165) is 19.4 Å². The first kappa shape index (κ1) is 13.1. The maximum atomic E-state index is 11.2. The van der Waals surface area contributed by atoms with Crippen molar-refractivity contribution in [2.75, 3.05) is 24.2 Å². The van der Waals surface area contributed by atoms with E-state index in [1.54, 1.807) is 0 Å². The van der Waals surface area contributed by atoms with Crippen LogP contribution < -0.4 is 16.2 Å². The second kappa shape index (κ2) is 5.13. The Balaban J connectivity index is 2.11. The van der Waals surface area contributed by atoms with Crippen molar-refractivity contribution in [3.05, 3.63) is 18.2 Å². The van der Waals surface area contributed by atoms with Crippen LogP contribution in [0.2, 0.25) is 0 Å². The van der Waals surface area contributed by atoms with Gasteiger partial charge in [0.25, 0.3) is 0 Å². The van der Waals surface area contributed by atoms with E-state index >= 15 is 0 Å². The van der Waals surface area contributed by atoms with E-state index in [9.17, 15) is 8.42 Å². The van der Waals surface area contributed by atoms with Gasteiger partial charge < -0.3 is 15.8 Å². The molecule has 0 spiro atoms. The SMILES string of the molecule is Nc1ccc(S(N)(=O)=O)cc1NCC1CCCO1. The fourth-order valence-corrected chi connectivity index (χ4v) is 2.43. The molecule has 0 amide bonds. The van der Waals surface area contributed by atoms with Gasteiger partial charge in [0.1, 0.15) is 0 Å². The first-order chi connectivity index (χ1) is 8.47. The van der Waals surface area contributed by atoms with E-state index in [2.05, 4.69) is 5.32 Å². The van der Waals surface area contributed by atoms with Gasteiger partial charge in [-0.15, -0.1) is 0 Å². The molecule has 1 aromatic rings. The molecule has 0 aromatic heterocycles. The number of hydrogen-bond acceptors (Lipinski definition) is 5. The van der Waals surface area contributed by atoms with Crippen LogP contribution in [0.4, 0.5) is 11.4 Å². The van der Waals surface area contributed by atoms with Gasteiger partial charge in [0, 0.05) is 13.2 Å². The first-order valence-electron chi connectivity index (χ1n) is 5.74. The van der Waals surface area contributed by atoms with Crippen LogP contribution in [0.5, 0.6) is 0 Å². The fraction of sp³-hybridized carbons (Fsp3) is 0.455. The van der Waals surface area contributed by atoms with Crippen molar-refractivity contribution >= 4 is 21.4 Å². The second-order valence-electron chi connectivity index (χ2n) is 4.31. The quantitative estimate of drug-likeness (QED) is 0.691. The Morgan fingerprint density at radius 2 is 2.22 bits per heavy atom. The van der Waals surface area contributed by atoms with E-state index in [0.29, 0.717) is 17.9 Å². The highest BCUT2D eigenvalue weighted by Crippen LogP contribution is 2.23. The minimum absolute atomic E-state index is 0.0477. The lowest BCUT2D eigenvalue weighted by Crippen LogP contribution is -2.19. The summed E-state index contributed by atoms with van der Waals surface area (Å²) >= 11 is 0. The van der Waals surface area contributed by atoms with Gasteiger partial charge in [-0.25, -0.2) is 13.6 Å². The van der Waals surface area contributed by atoms with Crippen LogP contribution in [-0.4, -0.2) is 27.7 Å². The molecule has 0 saturated carbocycles. The number of nitrogen functional groups attached to an aromatic ring is 1. The number of nitrogens with one attached hydrogen (secondary N) is 1. The standard InChI is InChI=1S/C11H17N3O3S/c12-10-4-3-9(18(13,15)16)6-11(10)14-7-8-2-1-5-17-8/h3-4,6,8,14H,1-2,5,7,12H2,(H2,13,15,16). The molecule has 1 unspecified atom stereocenters. The van der Waals surface area contributed by atoms with Crippen LogP contribution in [0.1, 0.15) is 12.8 Å². The summed E-state index contributed by atoms with van der Waals surface area (Å²) < 4.78 is 27.9. The predicted molar refractivity (Wildman–Crippen MR) is 69.7 cm³/mol.